The summed E-state index contributed by atoms with van der Waals surface area (Å²) in [4.78, 5) is 2.63. The van der Waals surface area contributed by atoms with Gasteiger partial charge < -0.3 is 10.2 Å². The molecule has 100 valence electrons. The number of nitrogens with zero attached hydrogens (tertiary/aromatic N) is 1. The molecule has 0 aromatic heterocycles. The van der Waals surface area contributed by atoms with E-state index >= 15 is 0 Å². The van der Waals surface area contributed by atoms with Gasteiger partial charge in [-0.2, -0.15) is 0 Å². The Morgan fingerprint density at radius 1 is 1.29 bits per heavy atom. The van der Waals surface area contributed by atoms with Gasteiger partial charge in [-0.15, -0.1) is 0 Å². The Balaban J connectivity index is 1.87. The maximum absolute atomic E-state index is 3.62. The molecule has 17 heavy (non-hydrogen) atoms. The van der Waals surface area contributed by atoms with E-state index in [4.69, 9.17) is 0 Å². The van der Waals surface area contributed by atoms with Gasteiger partial charge in [-0.1, -0.05) is 20.8 Å². The molecule has 1 heterocycles. The second kappa shape index (κ2) is 5.27. The highest BCUT2D eigenvalue weighted by Crippen LogP contribution is 2.40. The van der Waals surface area contributed by atoms with Crippen LogP contribution in [0.5, 0.6) is 0 Å². The summed E-state index contributed by atoms with van der Waals surface area (Å²) in [5, 5.41) is 3.62. The van der Waals surface area contributed by atoms with E-state index in [1.807, 2.05) is 0 Å². The Bertz CT molecular complexity index is 243. The molecular formula is C15H30N2. The molecule has 0 spiro atoms. The van der Waals surface area contributed by atoms with E-state index in [-0.39, 0.29) is 0 Å². The zero-order chi connectivity index (χ0) is 12.5. The SMILES string of the molecule is CC1CC(N(C)CC2CCCN2)CC(C)(C)C1. The van der Waals surface area contributed by atoms with Crippen molar-refractivity contribution in [3.63, 3.8) is 0 Å². The molecule has 2 aliphatic rings. The summed E-state index contributed by atoms with van der Waals surface area (Å²) in [5.41, 5.74) is 0.541. The van der Waals surface area contributed by atoms with Gasteiger partial charge in [0.2, 0.25) is 0 Å². The van der Waals surface area contributed by atoms with Crippen molar-refractivity contribution in [1.82, 2.24) is 10.2 Å². The first-order chi connectivity index (χ1) is 7.96. The molecule has 1 aliphatic heterocycles. The van der Waals surface area contributed by atoms with Crippen molar-refractivity contribution in [2.24, 2.45) is 11.3 Å². The van der Waals surface area contributed by atoms with Crippen LogP contribution in [0.1, 0.15) is 52.9 Å². The lowest BCUT2D eigenvalue weighted by atomic mass is 9.70. The summed E-state index contributed by atoms with van der Waals surface area (Å²) in [6.45, 7) is 9.78. The summed E-state index contributed by atoms with van der Waals surface area (Å²) in [6.07, 6.45) is 6.91. The molecule has 0 aromatic rings. The molecule has 0 radical (unpaired) electrons. The van der Waals surface area contributed by atoms with Gasteiger partial charge in [-0.3, -0.25) is 0 Å². The minimum Gasteiger partial charge on any atom is -0.313 e. The third kappa shape index (κ3) is 3.69. The predicted octanol–water partition coefficient (Wildman–Crippen LogP) is 2.89. The first-order valence-corrected chi connectivity index (χ1v) is 7.40. The van der Waals surface area contributed by atoms with Crippen molar-refractivity contribution >= 4 is 0 Å². The van der Waals surface area contributed by atoms with E-state index < -0.39 is 0 Å². The molecule has 2 nitrogen and oxygen atoms in total. The van der Waals surface area contributed by atoms with Gasteiger partial charge in [-0.05, 0) is 57.0 Å². The fourth-order valence-electron chi connectivity index (χ4n) is 4.04. The standard InChI is InChI=1S/C15H30N2/c1-12-8-14(10-15(2,3)9-12)17(4)11-13-6-5-7-16-13/h12-14,16H,5-11H2,1-4H3. The van der Waals surface area contributed by atoms with Crippen molar-refractivity contribution in [3.05, 3.63) is 0 Å². The van der Waals surface area contributed by atoms with Crippen molar-refractivity contribution in [3.8, 4) is 0 Å². The average molecular weight is 238 g/mol. The molecule has 1 N–H and O–H groups in total. The largest absolute Gasteiger partial charge is 0.313 e. The summed E-state index contributed by atoms with van der Waals surface area (Å²) in [7, 11) is 2.33. The lowest BCUT2D eigenvalue weighted by molar-refractivity contribution is 0.0783. The maximum atomic E-state index is 3.62. The van der Waals surface area contributed by atoms with Crippen LogP contribution in [0.3, 0.4) is 0 Å². The Morgan fingerprint density at radius 3 is 2.65 bits per heavy atom. The van der Waals surface area contributed by atoms with Gasteiger partial charge in [-0.25, -0.2) is 0 Å². The first kappa shape index (κ1) is 13.4. The Morgan fingerprint density at radius 2 is 2.06 bits per heavy atom. The van der Waals surface area contributed by atoms with Crippen LogP contribution < -0.4 is 5.32 Å². The Labute approximate surface area is 107 Å². The van der Waals surface area contributed by atoms with Gasteiger partial charge >= 0.3 is 0 Å². The normalized spacial score (nSPS) is 37.6. The van der Waals surface area contributed by atoms with Crippen molar-refractivity contribution < 1.29 is 0 Å². The van der Waals surface area contributed by atoms with Crippen LogP contribution in [0.15, 0.2) is 0 Å². The number of hydrogen-bond donors (Lipinski definition) is 1. The van der Waals surface area contributed by atoms with Crippen molar-refractivity contribution in [1.29, 1.82) is 0 Å². The van der Waals surface area contributed by atoms with Crippen LogP contribution in [-0.2, 0) is 0 Å². The minimum atomic E-state index is 0.541. The zero-order valence-corrected chi connectivity index (χ0v) is 12.1. The van der Waals surface area contributed by atoms with Crippen LogP contribution in [0.4, 0.5) is 0 Å². The summed E-state index contributed by atoms with van der Waals surface area (Å²) < 4.78 is 0. The van der Waals surface area contributed by atoms with E-state index in [0.29, 0.717) is 5.41 Å². The fourth-order valence-corrected chi connectivity index (χ4v) is 4.04. The average Bonchev–Trinajstić information content (AvgIpc) is 2.67. The lowest BCUT2D eigenvalue weighted by Crippen LogP contribution is -2.45. The molecule has 1 saturated carbocycles. The molecule has 3 unspecified atom stereocenters. The summed E-state index contributed by atoms with van der Waals surface area (Å²) >= 11 is 0. The highest BCUT2D eigenvalue weighted by Gasteiger charge is 2.34. The minimum absolute atomic E-state index is 0.541. The van der Waals surface area contributed by atoms with E-state index in [0.717, 1.165) is 18.0 Å². The van der Waals surface area contributed by atoms with Crippen LogP contribution in [-0.4, -0.2) is 37.1 Å². The van der Waals surface area contributed by atoms with Crippen LogP contribution in [0.2, 0.25) is 0 Å². The predicted molar refractivity (Wildman–Crippen MR) is 74.2 cm³/mol. The zero-order valence-electron chi connectivity index (χ0n) is 12.1. The van der Waals surface area contributed by atoms with E-state index in [1.165, 1.54) is 45.2 Å². The van der Waals surface area contributed by atoms with Crippen LogP contribution in [0, 0.1) is 11.3 Å². The van der Waals surface area contributed by atoms with Gasteiger partial charge in [0.25, 0.3) is 0 Å². The number of hydrogen-bond acceptors (Lipinski definition) is 2. The molecule has 3 atom stereocenters. The molecule has 0 bridgehead atoms. The van der Waals surface area contributed by atoms with E-state index in [2.05, 4.69) is 38.0 Å². The fraction of sp³-hybridized carbons (Fsp3) is 1.00. The Hall–Kier alpha value is -0.0800. The molecule has 2 rings (SSSR count). The monoisotopic (exact) mass is 238 g/mol. The lowest BCUT2D eigenvalue weighted by Gasteiger charge is -2.43. The maximum Gasteiger partial charge on any atom is 0.0195 e. The van der Waals surface area contributed by atoms with Crippen LogP contribution in [0.25, 0.3) is 0 Å². The topological polar surface area (TPSA) is 15.3 Å². The third-order valence-electron chi connectivity index (χ3n) is 4.66. The van der Waals surface area contributed by atoms with Gasteiger partial charge in [0.15, 0.2) is 0 Å². The summed E-state index contributed by atoms with van der Waals surface area (Å²) in [5.74, 6) is 0.891. The molecule has 2 heteroatoms. The Kier molecular flexibility index (Phi) is 4.14. The number of rotatable bonds is 3. The van der Waals surface area contributed by atoms with Gasteiger partial charge in [0.1, 0.15) is 0 Å². The molecule has 2 fully saturated rings. The first-order valence-electron chi connectivity index (χ1n) is 7.40. The van der Waals surface area contributed by atoms with E-state index in [9.17, 15) is 0 Å². The second-order valence-electron chi connectivity index (χ2n) is 7.30. The highest BCUT2D eigenvalue weighted by atomic mass is 15.2. The van der Waals surface area contributed by atoms with Crippen LogP contribution >= 0.6 is 0 Å². The smallest absolute Gasteiger partial charge is 0.0195 e. The highest BCUT2D eigenvalue weighted by molar-refractivity contribution is 4.89. The molecule has 1 aliphatic carbocycles. The summed E-state index contributed by atoms with van der Waals surface area (Å²) in [6, 6.07) is 1.55. The molecule has 1 saturated heterocycles. The number of likely N-dealkylation sites (N-methyl/N-ethyl adjacent to an activating group) is 1. The number of nitrogens with one attached hydrogen (secondary N) is 1. The van der Waals surface area contributed by atoms with E-state index in [1.54, 1.807) is 0 Å². The second-order valence-corrected chi connectivity index (χ2v) is 7.30. The van der Waals surface area contributed by atoms with Crippen molar-refractivity contribution in [2.45, 2.75) is 65.0 Å². The third-order valence-corrected chi connectivity index (χ3v) is 4.66. The van der Waals surface area contributed by atoms with Crippen molar-refractivity contribution in [2.75, 3.05) is 20.1 Å². The van der Waals surface area contributed by atoms with Gasteiger partial charge in [0, 0.05) is 18.6 Å². The molecule has 0 aromatic carbocycles. The quantitative estimate of drug-likeness (QED) is 0.813. The molecule has 0 amide bonds. The molecular weight excluding hydrogens is 208 g/mol. The van der Waals surface area contributed by atoms with Gasteiger partial charge in [0.05, 0.1) is 0 Å².